The van der Waals surface area contributed by atoms with Crippen LogP contribution in [0.2, 0.25) is 0 Å². The van der Waals surface area contributed by atoms with Crippen LogP contribution in [0.1, 0.15) is 17.9 Å². The summed E-state index contributed by atoms with van der Waals surface area (Å²) in [5.74, 6) is -0.770. The van der Waals surface area contributed by atoms with E-state index in [0.717, 1.165) is 12.3 Å². The number of halogens is 2. The number of methoxy groups -OCH3 is 1. The topological polar surface area (TPSA) is 106 Å². The zero-order valence-corrected chi connectivity index (χ0v) is 14.3. The maximum absolute atomic E-state index is 12.7. The third-order valence-corrected chi connectivity index (χ3v) is 3.27. The molecule has 10 heteroatoms. The molecular weight excluding hydrogens is 364 g/mol. The molecule has 2 rings (SSSR count). The van der Waals surface area contributed by atoms with Crippen LogP contribution < -0.4 is 15.2 Å². The van der Waals surface area contributed by atoms with Gasteiger partial charge in [-0.05, 0) is 23.8 Å². The van der Waals surface area contributed by atoms with Crippen LogP contribution in [0.25, 0.3) is 6.08 Å². The van der Waals surface area contributed by atoms with Gasteiger partial charge in [-0.2, -0.15) is 8.78 Å². The van der Waals surface area contributed by atoms with E-state index in [9.17, 15) is 18.4 Å². The monoisotopic (exact) mass is 381 g/mol. The quantitative estimate of drug-likeness (QED) is 0.525. The van der Waals surface area contributed by atoms with E-state index in [0.29, 0.717) is 21.6 Å². The molecule has 2 aromatic rings. The lowest BCUT2D eigenvalue weighted by Gasteiger charge is -2.10. The number of esters is 1. The van der Waals surface area contributed by atoms with Crippen LogP contribution >= 0.6 is 0 Å². The highest BCUT2D eigenvalue weighted by molar-refractivity contribution is 5.87. The standard InChI is InChI=1S/C17H17F2N3O5/c1-25-13-8-11(2-4-12(13)26-9-14(20)23)3-5-16(24)27-10-15-21-6-7-22(15)17(18)19/h2-8,17H,9-10H2,1H3,(H2,20,23)/b5-3-. The predicted octanol–water partition coefficient (Wildman–Crippen LogP) is 1.91. The smallest absolute Gasteiger partial charge is 0.331 e. The number of hydrogen-bond donors (Lipinski definition) is 1. The highest BCUT2D eigenvalue weighted by Gasteiger charge is 2.12. The summed E-state index contributed by atoms with van der Waals surface area (Å²) in [5, 5.41) is 0. The predicted molar refractivity (Wildman–Crippen MR) is 90.0 cm³/mol. The molecule has 1 amide bonds. The van der Waals surface area contributed by atoms with Crippen LogP contribution in [-0.2, 0) is 20.9 Å². The molecule has 0 spiro atoms. The molecular formula is C17H17F2N3O5. The fourth-order valence-corrected chi connectivity index (χ4v) is 2.04. The minimum absolute atomic E-state index is 0.0654. The van der Waals surface area contributed by atoms with Gasteiger partial charge in [0.15, 0.2) is 23.9 Å². The van der Waals surface area contributed by atoms with Gasteiger partial charge >= 0.3 is 12.5 Å². The van der Waals surface area contributed by atoms with Crippen molar-refractivity contribution in [2.75, 3.05) is 13.7 Å². The Kier molecular flexibility index (Phi) is 6.86. The van der Waals surface area contributed by atoms with Gasteiger partial charge in [-0.25, -0.2) is 9.78 Å². The number of benzene rings is 1. The third-order valence-electron chi connectivity index (χ3n) is 3.27. The van der Waals surface area contributed by atoms with Crippen LogP contribution in [0.4, 0.5) is 8.78 Å². The molecule has 1 aromatic heterocycles. The second-order valence-corrected chi connectivity index (χ2v) is 5.13. The molecule has 0 atom stereocenters. The number of alkyl halides is 2. The van der Waals surface area contributed by atoms with Gasteiger partial charge < -0.3 is 19.9 Å². The van der Waals surface area contributed by atoms with E-state index in [1.165, 1.54) is 19.4 Å². The van der Waals surface area contributed by atoms with Crippen molar-refractivity contribution in [1.82, 2.24) is 9.55 Å². The number of nitrogens with zero attached hydrogens (tertiary/aromatic N) is 2. The Morgan fingerprint density at radius 2 is 2.11 bits per heavy atom. The lowest BCUT2D eigenvalue weighted by Crippen LogP contribution is -2.20. The van der Waals surface area contributed by atoms with Crippen molar-refractivity contribution in [2.45, 2.75) is 13.2 Å². The SMILES string of the molecule is COc1cc(/C=C\C(=O)OCc2nccn2C(F)F)ccc1OCC(N)=O. The van der Waals surface area contributed by atoms with Gasteiger partial charge in [0, 0.05) is 18.5 Å². The van der Waals surface area contributed by atoms with Crippen LogP contribution in [0, 0.1) is 0 Å². The first-order valence-corrected chi connectivity index (χ1v) is 7.64. The lowest BCUT2D eigenvalue weighted by molar-refractivity contribution is -0.139. The van der Waals surface area contributed by atoms with E-state index in [1.54, 1.807) is 18.2 Å². The normalized spacial score (nSPS) is 11.0. The van der Waals surface area contributed by atoms with Gasteiger partial charge in [0.05, 0.1) is 7.11 Å². The van der Waals surface area contributed by atoms with Gasteiger partial charge in [-0.1, -0.05) is 6.07 Å². The van der Waals surface area contributed by atoms with E-state index < -0.39 is 18.4 Å². The molecule has 8 nitrogen and oxygen atoms in total. The molecule has 2 N–H and O–H groups in total. The van der Waals surface area contributed by atoms with Gasteiger partial charge in [-0.3, -0.25) is 9.36 Å². The van der Waals surface area contributed by atoms with Crippen molar-refractivity contribution in [3.8, 4) is 11.5 Å². The first kappa shape index (κ1) is 19.9. The summed E-state index contributed by atoms with van der Waals surface area (Å²) < 4.78 is 41.2. The number of ether oxygens (including phenoxy) is 3. The Morgan fingerprint density at radius 1 is 1.33 bits per heavy atom. The zero-order chi connectivity index (χ0) is 19.8. The summed E-state index contributed by atoms with van der Waals surface area (Å²) in [6.45, 7) is -3.45. The highest BCUT2D eigenvalue weighted by atomic mass is 19.3. The minimum atomic E-state index is -2.76. The Morgan fingerprint density at radius 3 is 2.78 bits per heavy atom. The number of imidazole rings is 1. The molecule has 0 radical (unpaired) electrons. The van der Waals surface area contributed by atoms with Crippen molar-refractivity contribution in [3.05, 3.63) is 48.1 Å². The average Bonchev–Trinajstić information content (AvgIpc) is 3.12. The molecule has 0 saturated heterocycles. The van der Waals surface area contributed by atoms with E-state index in [-0.39, 0.29) is 19.0 Å². The second kappa shape index (κ2) is 9.32. The summed E-state index contributed by atoms with van der Waals surface area (Å²) >= 11 is 0. The van der Waals surface area contributed by atoms with Gasteiger partial charge in [-0.15, -0.1) is 0 Å². The van der Waals surface area contributed by atoms with Crippen LogP contribution in [0.3, 0.4) is 0 Å². The molecule has 0 fully saturated rings. The molecule has 144 valence electrons. The van der Waals surface area contributed by atoms with Crippen molar-refractivity contribution < 1.29 is 32.6 Å². The average molecular weight is 381 g/mol. The number of carbonyl (C=O) groups excluding carboxylic acids is 2. The first-order chi connectivity index (χ1) is 12.9. The lowest BCUT2D eigenvalue weighted by atomic mass is 10.2. The summed E-state index contributed by atoms with van der Waals surface area (Å²) in [7, 11) is 1.42. The van der Waals surface area contributed by atoms with Gasteiger partial charge in [0.25, 0.3) is 5.91 Å². The van der Waals surface area contributed by atoms with E-state index in [2.05, 4.69) is 4.98 Å². The molecule has 0 aliphatic rings. The summed E-state index contributed by atoms with van der Waals surface area (Å²) in [6, 6.07) is 4.74. The number of primary amides is 1. The molecule has 0 unspecified atom stereocenters. The molecule has 0 saturated carbocycles. The summed E-state index contributed by atoms with van der Waals surface area (Å²) in [6.07, 6.45) is 4.87. The summed E-state index contributed by atoms with van der Waals surface area (Å²) in [5.41, 5.74) is 5.60. The molecule has 0 aliphatic carbocycles. The molecule has 1 heterocycles. The molecule has 27 heavy (non-hydrogen) atoms. The van der Waals surface area contributed by atoms with Crippen molar-refractivity contribution >= 4 is 18.0 Å². The molecule has 0 bridgehead atoms. The largest absolute Gasteiger partial charge is 0.493 e. The fourth-order valence-electron chi connectivity index (χ4n) is 2.04. The van der Waals surface area contributed by atoms with Gasteiger partial charge in [0.1, 0.15) is 6.61 Å². The molecule has 1 aromatic carbocycles. The zero-order valence-electron chi connectivity index (χ0n) is 14.3. The van der Waals surface area contributed by atoms with Crippen molar-refractivity contribution in [2.24, 2.45) is 5.73 Å². The van der Waals surface area contributed by atoms with Crippen LogP contribution in [0.5, 0.6) is 11.5 Å². The number of amides is 1. The number of carbonyl (C=O) groups is 2. The summed E-state index contributed by atoms with van der Waals surface area (Å²) in [4.78, 5) is 26.2. The van der Waals surface area contributed by atoms with E-state index in [4.69, 9.17) is 19.9 Å². The number of rotatable bonds is 9. The number of hydrogen-bond acceptors (Lipinski definition) is 6. The van der Waals surface area contributed by atoms with Crippen LogP contribution in [-0.4, -0.2) is 35.1 Å². The number of aromatic nitrogens is 2. The van der Waals surface area contributed by atoms with E-state index in [1.807, 2.05) is 0 Å². The Balaban J connectivity index is 1.97. The molecule has 0 aliphatic heterocycles. The van der Waals surface area contributed by atoms with Gasteiger partial charge in [0.2, 0.25) is 0 Å². The highest BCUT2D eigenvalue weighted by Crippen LogP contribution is 2.28. The van der Waals surface area contributed by atoms with Crippen molar-refractivity contribution in [3.63, 3.8) is 0 Å². The maximum atomic E-state index is 12.7. The Labute approximate surface area is 153 Å². The first-order valence-electron chi connectivity index (χ1n) is 7.64. The number of nitrogens with two attached hydrogens (primary N) is 1. The Bertz CT molecular complexity index is 836. The third kappa shape index (κ3) is 5.80. The van der Waals surface area contributed by atoms with Crippen LogP contribution in [0.15, 0.2) is 36.7 Å². The Hall–Kier alpha value is -3.43. The van der Waals surface area contributed by atoms with Crippen molar-refractivity contribution in [1.29, 1.82) is 0 Å². The fraction of sp³-hybridized carbons (Fsp3) is 0.235. The second-order valence-electron chi connectivity index (χ2n) is 5.13. The maximum Gasteiger partial charge on any atom is 0.331 e. The van der Waals surface area contributed by atoms with E-state index >= 15 is 0 Å². The minimum Gasteiger partial charge on any atom is -0.493 e.